The largest absolute Gasteiger partial charge is 0.508 e. The van der Waals surface area contributed by atoms with Gasteiger partial charge < -0.3 is 5.11 Å². The minimum atomic E-state index is 0. The number of nitriles is 1. The Morgan fingerprint density at radius 3 is 2.50 bits per heavy atom. The first-order chi connectivity index (χ1) is 4.33. The van der Waals surface area contributed by atoms with Gasteiger partial charge >= 0.3 is 0 Å². The number of phenols is 1. The van der Waals surface area contributed by atoms with Crippen molar-refractivity contribution in [3.8, 4) is 11.8 Å². The van der Waals surface area contributed by atoms with Crippen molar-refractivity contribution in [2.75, 3.05) is 0 Å². The van der Waals surface area contributed by atoms with Crippen LogP contribution in [0.3, 0.4) is 0 Å². The molecule has 45 valence electrons. The normalized spacial score (nSPS) is 7.50. The standard InChI is InChI=1S/C7H5NO.Na/c8-5-6-2-1-3-7(9)4-6;/h1-4,9H;. The van der Waals surface area contributed by atoms with Gasteiger partial charge in [-0.05, 0) is 18.2 Å². The second-order valence-corrected chi connectivity index (χ2v) is 1.66. The molecule has 1 N–H and O–H groups in total. The van der Waals surface area contributed by atoms with E-state index in [1.165, 1.54) is 12.1 Å². The third-order valence-electron chi connectivity index (χ3n) is 0.975. The summed E-state index contributed by atoms with van der Waals surface area (Å²) in [6.07, 6.45) is 0. The van der Waals surface area contributed by atoms with Crippen LogP contribution >= 0.6 is 0 Å². The molecule has 0 fully saturated rings. The Labute approximate surface area is 81.4 Å². The van der Waals surface area contributed by atoms with Gasteiger partial charge in [0.05, 0.1) is 11.6 Å². The number of aromatic hydroxyl groups is 1. The Kier molecular flexibility index (Phi) is 4.13. The van der Waals surface area contributed by atoms with Crippen LogP contribution in [0.25, 0.3) is 0 Å². The van der Waals surface area contributed by atoms with Crippen LogP contribution in [0.5, 0.6) is 5.75 Å². The molecule has 1 aromatic rings. The number of hydrogen-bond acceptors (Lipinski definition) is 2. The van der Waals surface area contributed by atoms with E-state index in [1.54, 1.807) is 12.1 Å². The van der Waals surface area contributed by atoms with Crippen LogP contribution < -0.4 is 0 Å². The van der Waals surface area contributed by atoms with Gasteiger partial charge in [0.2, 0.25) is 0 Å². The molecular formula is C7H5NNaO. The zero-order valence-corrected chi connectivity index (χ0v) is 7.70. The van der Waals surface area contributed by atoms with Crippen LogP contribution in [0.1, 0.15) is 5.56 Å². The molecule has 0 spiro atoms. The third kappa shape index (κ3) is 2.40. The van der Waals surface area contributed by atoms with Crippen LogP contribution in [0, 0.1) is 11.3 Å². The summed E-state index contributed by atoms with van der Waals surface area (Å²) in [5.74, 6) is 0.133. The summed E-state index contributed by atoms with van der Waals surface area (Å²) in [4.78, 5) is 0. The number of rotatable bonds is 0. The summed E-state index contributed by atoms with van der Waals surface area (Å²) in [5.41, 5.74) is 0.481. The summed E-state index contributed by atoms with van der Waals surface area (Å²) < 4.78 is 0. The molecule has 0 unspecified atom stereocenters. The van der Waals surface area contributed by atoms with Gasteiger partial charge in [0, 0.05) is 29.6 Å². The first-order valence-corrected chi connectivity index (χ1v) is 2.52. The first kappa shape index (κ1) is 9.51. The second kappa shape index (κ2) is 4.35. The van der Waals surface area contributed by atoms with Crippen LogP contribution in [0.15, 0.2) is 24.3 Å². The maximum atomic E-state index is 8.79. The fourth-order valence-electron chi connectivity index (χ4n) is 0.575. The van der Waals surface area contributed by atoms with E-state index in [9.17, 15) is 0 Å². The average molecular weight is 142 g/mol. The topological polar surface area (TPSA) is 44.0 Å². The molecule has 2 nitrogen and oxygen atoms in total. The molecule has 0 heterocycles. The molecule has 0 aliphatic rings. The summed E-state index contributed by atoms with van der Waals surface area (Å²) in [5, 5.41) is 17.1. The van der Waals surface area contributed by atoms with E-state index in [4.69, 9.17) is 10.4 Å². The van der Waals surface area contributed by atoms with Crippen molar-refractivity contribution < 1.29 is 5.11 Å². The molecular weight excluding hydrogens is 137 g/mol. The van der Waals surface area contributed by atoms with Gasteiger partial charge in [0.25, 0.3) is 0 Å². The average Bonchev–Trinajstić information content (AvgIpc) is 1.88. The fraction of sp³-hybridized carbons (Fsp3) is 0. The molecule has 0 atom stereocenters. The Hall–Kier alpha value is -0.490. The maximum Gasteiger partial charge on any atom is 0.116 e. The molecule has 0 saturated carbocycles. The fourth-order valence-corrected chi connectivity index (χ4v) is 0.575. The number of nitrogens with zero attached hydrogens (tertiary/aromatic N) is 1. The molecule has 1 aromatic carbocycles. The minimum absolute atomic E-state index is 0. The quantitative estimate of drug-likeness (QED) is 0.546. The third-order valence-corrected chi connectivity index (χ3v) is 0.975. The molecule has 10 heavy (non-hydrogen) atoms. The van der Waals surface area contributed by atoms with Crippen molar-refractivity contribution in [2.24, 2.45) is 0 Å². The van der Waals surface area contributed by atoms with E-state index < -0.39 is 0 Å². The zero-order valence-electron chi connectivity index (χ0n) is 5.70. The first-order valence-electron chi connectivity index (χ1n) is 2.52. The molecule has 0 aliphatic carbocycles. The van der Waals surface area contributed by atoms with Crippen LogP contribution in [0.4, 0.5) is 0 Å². The second-order valence-electron chi connectivity index (χ2n) is 1.66. The van der Waals surface area contributed by atoms with Gasteiger partial charge in [-0.3, -0.25) is 0 Å². The Bertz CT molecular complexity index is 254. The van der Waals surface area contributed by atoms with Crippen molar-refractivity contribution in [3.05, 3.63) is 29.8 Å². The molecule has 0 bridgehead atoms. The SMILES string of the molecule is N#Cc1cccc(O)c1.[Na]. The van der Waals surface area contributed by atoms with Crippen LogP contribution in [-0.4, -0.2) is 34.7 Å². The Morgan fingerprint density at radius 1 is 1.40 bits per heavy atom. The van der Waals surface area contributed by atoms with Gasteiger partial charge in [-0.15, -0.1) is 0 Å². The molecule has 3 heteroatoms. The van der Waals surface area contributed by atoms with Crippen LogP contribution in [0.2, 0.25) is 0 Å². The van der Waals surface area contributed by atoms with E-state index in [-0.39, 0.29) is 35.3 Å². The van der Waals surface area contributed by atoms with E-state index in [0.717, 1.165) is 0 Å². The Balaban J connectivity index is 0.000000810. The summed E-state index contributed by atoms with van der Waals surface area (Å²) in [6.45, 7) is 0. The van der Waals surface area contributed by atoms with E-state index in [2.05, 4.69) is 0 Å². The predicted octanol–water partition coefficient (Wildman–Crippen LogP) is 0.883. The molecule has 0 amide bonds. The summed E-state index contributed by atoms with van der Waals surface area (Å²) in [6, 6.07) is 8.12. The molecule has 1 radical (unpaired) electrons. The molecule has 1 rings (SSSR count). The Morgan fingerprint density at radius 2 is 2.10 bits per heavy atom. The zero-order chi connectivity index (χ0) is 6.69. The van der Waals surface area contributed by atoms with Crippen molar-refractivity contribution >= 4 is 29.6 Å². The van der Waals surface area contributed by atoms with Gasteiger partial charge in [0.15, 0.2) is 0 Å². The predicted molar refractivity (Wildman–Crippen MR) is 38.6 cm³/mol. The molecule has 0 aromatic heterocycles. The van der Waals surface area contributed by atoms with Crippen molar-refractivity contribution in [3.63, 3.8) is 0 Å². The number of phenolic OH excluding ortho intramolecular Hbond substituents is 1. The van der Waals surface area contributed by atoms with E-state index in [0.29, 0.717) is 5.56 Å². The van der Waals surface area contributed by atoms with Gasteiger partial charge in [-0.25, -0.2) is 0 Å². The monoisotopic (exact) mass is 142 g/mol. The number of benzene rings is 1. The smallest absolute Gasteiger partial charge is 0.116 e. The van der Waals surface area contributed by atoms with Crippen LogP contribution in [-0.2, 0) is 0 Å². The van der Waals surface area contributed by atoms with Gasteiger partial charge in [-0.1, -0.05) is 6.07 Å². The molecule has 0 aliphatic heterocycles. The van der Waals surface area contributed by atoms with Crippen molar-refractivity contribution in [1.29, 1.82) is 5.26 Å². The van der Waals surface area contributed by atoms with Gasteiger partial charge in [-0.2, -0.15) is 5.26 Å². The van der Waals surface area contributed by atoms with E-state index >= 15 is 0 Å². The van der Waals surface area contributed by atoms with Crippen molar-refractivity contribution in [2.45, 2.75) is 0 Å². The van der Waals surface area contributed by atoms with Crippen molar-refractivity contribution in [1.82, 2.24) is 0 Å². The maximum absolute atomic E-state index is 8.79. The molecule has 0 saturated heterocycles. The van der Waals surface area contributed by atoms with Gasteiger partial charge in [0.1, 0.15) is 5.75 Å². The summed E-state index contributed by atoms with van der Waals surface area (Å²) >= 11 is 0. The minimum Gasteiger partial charge on any atom is -0.508 e. The number of hydrogen-bond donors (Lipinski definition) is 1. The van der Waals surface area contributed by atoms with E-state index in [1.807, 2.05) is 6.07 Å². The summed E-state index contributed by atoms with van der Waals surface area (Å²) in [7, 11) is 0.